The molecule has 0 unspecified atom stereocenters. The molecule has 2 aliphatic carbocycles. The van der Waals surface area contributed by atoms with Crippen LogP contribution in [0.15, 0.2) is 59.1 Å². The number of aryl methyl sites for hydroxylation is 2. The van der Waals surface area contributed by atoms with Gasteiger partial charge in [0.1, 0.15) is 17.5 Å². The van der Waals surface area contributed by atoms with E-state index in [0.717, 1.165) is 37.8 Å². The second-order valence-corrected chi connectivity index (χ2v) is 17.7. The molecule has 2 aromatic carbocycles. The first kappa shape index (κ1) is 36.6. The number of carbonyl (C=O) groups excluding carboxylic acids is 2. The number of aromatic nitrogens is 2. The van der Waals surface area contributed by atoms with E-state index in [4.69, 9.17) is 25.8 Å². The molecule has 278 valence electrons. The van der Waals surface area contributed by atoms with E-state index in [2.05, 4.69) is 26.5 Å². The lowest BCUT2D eigenvalue weighted by Crippen LogP contribution is -2.49. The maximum Gasteiger partial charge on any atom is 0.285 e. The van der Waals surface area contributed by atoms with Crippen molar-refractivity contribution in [1.29, 1.82) is 0 Å². The Hall–Kier alpha value is -3.74. The van der Waals surface area contributed by atoms with Crippen LogP contribution in [0.2, 0.25) is 5.02 Å². The molecule has 52 heavy (non-hydrogen) atoms. The Morgan fingerprint density at radius 1 is 1.17 bits per heavy atom. The number of ketones is 1. The van der Waals surface area contributed by atoms with Crippen LogP contribution in [0.3, 0.4) is 0 Å². The Bertz CT molecular complexity index is 2030. The van der Waals surface area contributed by atoms with E-state index in [9.17, 15) is 13.8 Å². The van der Waals surface area contributed by atoms with E-state index in [-0.39, 0.29) is 46.1 Å². The van der Waals surface area contributed by atoms with Crippen LogP contribution >= 0.6 is 11.6 Å². The van der Waals surface area contributed by atoms with Gasteiger partial charge < -0.3 is 19.1 Å². The minimum Gasteiger partial charge on any atom is -0.490 e. The predicted octanol–water partition coefficient (Wildman–Crippen LogP) is 6.63. The van der Waals surface area contributed by atoms with Crippen molar-refractivity contribution in [3.05, 3.63) is 82.0 Å². The van der Waals surface area contributed by atoms with Crippen LogP contribution < -0.4 is 14.4 Å². The van der Waals surface area contributed by atoms with Crippen LogP contribution in [0.25, 0.3) is 0 Å². The van der Waals surface area contributed by atoms with Crippen molar-refractivity contribution in [2.75, 3.05) is 50.3 Å². The van der Waals surface area contributed by atoms with Crippen molar-refractivity contribution in [1.82, 2.24) is 9.78 Å². The molecular weight excluding hydrogens is 707 g/mol. The number of carbonyl (C=O) groups is 2. The van der Waals surface area contributed by atoms with Gasteiger partial charge in [0.15, 0.2) is 5.78 Å². The fourth-order valence-corrected chi connectivity index (χ4v) is 10.9. The van der Waals surface area contributed by atoms with Crippen molar-refractivity contribution < 1.29 is 32.4 Å². The zero-order valence-electron chi connectivity index (χ0n) is 30.1. The number of allylic oxidation sites excluding steroid dienone is 1. The van der Waals surface area contributed by atoms with Gasteiger partial charge in [-0.15, -0.1) is 5.10 Å². The largest absolute Gasteiger partial charge is 0.490 e. The summed E-state index contributed by atoms with van der Waals surface area (Å²) in [5.41, 5.74) is 3.24. The van der Waals surface area contributed by atoms with Gasteiger partial charge in [0.05, 0.1) is 41.0 Å². The summed E-state index contributed by atoms with van der Waals surface area (Å²) in [7, 11) is 1.05. The van der Waals surface area contributed by atoms with Crippen LogP contribution in [-0.2, 0) is 33.3 Å². The summed E-state index contributed by atoms with van der Waals surface area (Å²) in [5.74, 6) is -1.87. The van der Waals surface area contributed by atoms with Gasteiger partial charge in [-0.1, -0.05) is 36.7 Å². The lowest BCUT2D eigenvalue weighted by molar-refractivity contribution is 0.0128. The average Bonchev–Trinajstić information content (AvgIpc) is 3.42. The van der Waals surface area contributed by atoms with Gasteiger partial charge in [-0.3, -0.25) is 14.3 Å². The maximum atomic E-state index is 15.9. The summed E-state index contributed by atoms with van der Waals surface area (Å²) >= 11 is 6.44. The van der Waals surface area contributed by atoms with Crippen molar-refractivity contribution in [3.8, 4) is 11.6 Å². The number of anilines is 1. The highest BCUT2D eigenvalue weighted by molar-refractivity contribution is 7.94. The number of benzene rings is 2. The molecule has 1 fully saturated rings. The molecular formula is C39H46ClFN4O6S. The van der Waals surface area contributed by atoms with Gasteiger partial charge >= 0.3 is 0 Å². The number of alkyl halides is 1. The Kier molecular flexibility index (Phi) is 10.3. The lowest BCUT2D eigenvalue weighted by atomic mass is 9.68. The van der Waals surface area contributed by atoms with Crippen LogP contribution in [0, 0.1) is 17.8 Å². The minimum atomic E-state index is -3.62. The molecule has 2 bridgehead atoms. The Morgan fingerprint density at radius 2 is 2.00 bits per heavy atom. The highest BCUT2D eigenvalue weighted by Crippen LogP contribution is 2.47. The van der Waals surface area contributed by atoms with Crippen LogP contribution in [0.5, 0.6) is 11.6 Å². The Balaban J connectivity index is 1.32. The molecule has 1 amide bonds. The molecule has 1 saturated carbocycles. The lowest BCUT2D eigenvalue weighted by Gasteiger charge is -2.46. The number of amides is 1. The number of methoxy groups -OCH3 is 2. The number of fused-ring (bicyclic) bond motifs is 4. The van der Waals surface area contributed by atoms with Gasteiger partial charge in [-0.05, 0) is 85.4 Å². The third-order valence-electron chi connectivity index (χ3n) is 11.4. The number of halogens is 2. The standard InChI is InChI=1S/C39H46ClFN4O6S/c1-24-20-52(48,21-34(46)30-19-44(2)42-38(30)50-4)43-37(47)26-8-13-36-33(17-26)45(18-27-7-10-29(27)35(49-3)14-12-32(24)41)22-39(23-51-36)15-5-6-25-16-28(40)9-11-31(25)39/h8-9,11-14,16-17,19,24,27,29,32,35H,5-7,10,15,18,20-23H2,1-4H3/b14-12+/t24-,27+,29-,32+,35+,39+,52-/m1/s1. The summed E-state index contributed by atoms with van der Waals surface area (Å²) < 4.78 is 54.0. The highest BCUT2D eigenvalue weighted by Gasteiger charge is 2.44. The molecule has 0 N–H and O–H groups in total. The third-order valence-corrected chi connectivity index (χ3v) is 13.8. The van der Waals surface area contributed by atoms with E-state index >= 15 is 4.39 Å². The highest BCUT2D eigenvalue weighted by atomic mass is 35.5. The molecule has 0 saturated heterocycles. The SMILES string of the molecule is COc1nn(C)cc1C(=O)C[S@@]1(=O)=NC(=O)c2ccc3c(c2)N(C[C@@H]2CC[C@H]2[C@@H](OC)/C=C/[C@H](F)[C@H](C)C1)C[C@@]1(CCCc2cc(Cl)ccc21)CO3. The fourth-order valence-electron chi connectivity index (χ4n) is 8.51. The number of hydrogen-bond donors (Lipinski definition) is 0. The van der Waals surface area contributed by atoms with Crippen LogP contribution in [0.4, 0.5) is 10.1 Å². The van der Waals surface area contributed by atoms with Gasteiger partial charge in [-0.2, -0.15) is 4.36 Å². The summed E-state index contributed by atoms with van der Waals surface area (Å²) in [6.07, 6.45) is 7.69. The summed E-state index contributed by atoms with van der Waals surface area (Å²) in [4.78, 5) is 30.0. The monoisotopic (exact) mass is 752 g/mol. The van der Waals surface area contributed by atoms with Gasteiger partial charge in [-0.25, -0.2) is 8.60 Å². The smallest absolute Gasteiger partial charge is 0.285 e. The van der Waals surface area contributed by atoms with E-state index in [1.807, 2.05) is 6.07 Å². The van der Waals surface area contributed by atoms with Gasteiger partial charge in [0.2, 0.25) is 5.88 Å². The van der Waals surface area contributed by atoms with Crippen molar-refractivity contribution in [2.45, 2.75) is 56.7 Å². The number of rotatable bonds is 5. The molecule has 3 aromatic rings. The third kappa shape index (κ3) is 7.13. The zero-order valence-corrected chi connectivity index (χ0v) is 31.6. The Labute approximate surface area is 309 Å². The topological polar surface area (TPSA) is 112 Å². The molecule has 4 aliphatic rings. The molecule has 0 radical (unpaired) electrons. The first-order chi connectivity index (χ1) is 24.9. The minimum absolute atomic E-state index is 0.0709. The zero-order chi connectivity index (χ0) is 36.8. The molecule has 10 nitrogen and oxygen atoms in total. The molecule has 1 aromatic heterocycles. The molecule has 7 atom stereocenters. The van der Waals surface area contributed by atoms with Crippen LogP contribution in [-0.4, -0.2) is 83.4 Å². The van der Waals surface area contributed by atoms with Gasteiger partial charge in [0, 0.05) is 61.1 Å². The predicted molar refractivity (Wildman–Crippen MR) is 199 cm³/mol. The summed E-state index contributed by atoms with van der Waals surface area (Å²) in [6.45, 7) is 3.42. The summed E-state index contributed by atoms with van der Waals surface area (Å²) in [6, 6.07) is 11.3. The average molecular weight is 753 g/mol. The Morgan fingerprint density at radius 3 is 2.75 bits per heavy atom. The quantitative estimate of drug-likeness (QED) is 0.211. The molecule has 2 aliphatic heterocycles. The van der Waals surface area contributed by atoms with Gasteiger partial charge in [0.25, 0.3) is 5.91 Å². The number of nitrogens with zero attached hydrogens (tertiary/aromatic N) is 4. The van der Waals surface area contributed by atoms with Crippen LogP contribution in [0.1, 0.15) is 64.4 Å². The summed E-state index contributed by atoms with van der Waals surface area (Å²) in [5, 5.41) is 4.85. The number of Topliss-reactive ketones (excluding diaryl/α,β-unsaturated/α-hetero) is 1. The molecule has 13 heteroatoms. The maximum absolute atomic E-state index is 15.9. The first-order valence-corrected chi connectivity index (χ1v) is 20.2. The number of hydrogen-bond acceptors (Lipinski definition) is 8. The van der Waals surface area contributed by atoms with E-state index in [1.54, 1.807) is 45.4 Å². The second kappa shape index (κ2) is 14.6. The van der Waals surface area contributed by atoms with E-state index in [0.29, 0.717) is 30.5 Å². The van der Waals surface area contributed by atoms with E-state index in [1.165, 1.54) is 35.2 Å². The molecule has 3 heterocycles. The first-order valence-electron chi connectivity index (χ1n) is 17.9. The van der Waals surface area contributed by atoms with Crippen molar-refractivity contribution >= 4 is 38.7 Å². The normalized spacial score (nSPS) is 30.9. The number of ether oxygens (including phenoxy) is 3. The van der Waals surface area contributed by atoms with Crippen molar-refractivity contribution in [2.24, 2.45) is 29.2 Å². The fraction of sp³-hybridized carbons (Fsp3) is 0.513. The van der Waals surface area contributed by atoms with E-state index < -0.39 is 39.3 Å². The van der Waals surface area contributed by atoms with Crippen molar-refractivity contribution in [3.63, 3.8) is 0 Å². The molecule has 1 spiro atoms. The second-order valence-electron chi connectivity index (χ2n) is 14.9. The molecule has 7 rings (SSSR count).